The average molecular weight is 704 g/mol. The maximum absolute atomic E-state index is 13.2. The SMILES string of the molecule is COC(=O)c1cc(OC)c2c(c1)nc(-c1cc3ccc(C4CCCN4C(=O)OC(C)(C)C)nc3n1CCCCCCCC(=O)OC(C)(C)C)n2C. The second-order valence-corrected chi connectivity index (χ2v) is 15.3. The number of fused-ring (bicyclic) bond motifs is 2. The summed E-state index contributed by atoms with van der Waals surface area (Å²) in [4.78, 5) is 49.8. The van der Waals surface area contributed by atoms with E-state index in [-0.39, 0.29) is 18.1 Å². The molecule has 1 aromatic carbocycles. The molecule has 12 nitrogen and oxygen atoms in total. The minimum atomic E-state index is -0.590. The van der Waals surface area contributed by atoms with Crippen LogP contribution in [-0.4, -0.2) is 74.0 Å². The van der Waals surface area contributed by atoms with Crippen LogP contribution >= 0.6 is 0 Å². The van der Waals surface area contributed by atoms with Gasteiger partial charge in [-0.2, -0.15) is 0 Å². The first-order valence-electron chi connectivity index (χ1n) is 17.9. The fourth-order valence-corrected chi connectivity index (χ4v) is 6.75. The molecule has 1 amide bonds. The van der Waals surface area contributed by atoms with Crippen LogP contribution in [0.3, 0.4) is 0 Å². The molecule has 0 N–H and O–H groups in total. The van der Waals surface area contributed by atoms with E-state index in [0.29, 0.717) is 42.2 Å². The molecule has 4 heterocycles. The number of hydrogen-bond acceptors (Lipinski definition) is 9. The normalized spacial score (nSPS) is 15.1. The van der Waals surface area contributed by atoms with Crippen molar-refractivity contribution < 1.29 is 33.3 Å². The summed E-state index contributed by atoms with van der Waals surface area (Å²) in [5, 5.41) is 0.960. The number of unbranched alkanes of at least 4 members (excludes halogenated alkanes) is 4. The lowest BCUT2D eigenvalue weighted by molar-refractivity contribution is -0.154. The van der Waals surface area contributed by atoms with Crippen LogP contribution < -0.4 is 4.74 Å². The lowest BCUT2D eigenvalue weighted by atomic mass is 10.1. The quantitative estimate of drug-likeness (QED) is 0.0816. The van der Waals surface area contributed by atoms with Crippen LogP contribution in [0, 0.1) is 0 Å². The molecule has 0 saturated carbocycles. The van der Waals surface area contributed by atoms with Crippen molar-refractivity contribution in [3.8, 4) is 17.3 Å². The van der Waals surface area contributed by atoms with Crippen molar-refractivity contribution in [2.45, 2.75) is 117 Å². The van der Waals surface area contributed by atoms with Crippen molar-refractivity contribution in [2.75, 3.05) is 20.8 Å². The summed E-state index contributed by atoms with van der Waals surface area (Å²) in [6, 6.07) is 9.39. The predicted octanol–water partition coefficient (Wildman–Crippen LogP) is 8.14. The number of aromatic nitrogens is 4. The minimum Gasteiger partial charge on any atom is -0.494 e. The molecule has 1 aliphatic rings. The Morgan fingerprint density at radius 2 is 1.59 bits per heavy atom. The van der Waals surface area contributed by atoms with E-state index in [2.05, 4.69) is 16.7 Å². The number of methoxy groups -OCH3 is 2. The lowest BCUT2D eigenvalue weighted by Crippen LogP contribution is -2.36. The van der Waals surface area contributed by atoms with Gasteiger partial charge in [-0.05, 0) is 97.6 Å². The molecule has 1 saturated heterocycles. The van der Waals surface area contributed by atoms with Gasteiger partial charge in [-0.1, -0.05) is 19.3 Å². The number of hydrogen-bond donors (Lipinski definition) is 0. The molecule has 0 spiro atoms. The van der Waals surface area contributed by atoms with E-state index >= 15 is 0 Å². The highest BCUT2D eigenvalue weighted by Gasteiger charge is 2.34. The van der Waals surface area contributed by atoms with E-state index in [0.717, 1.165) is 72.9 Å². The smallest absolute Gasteiger partial charge is 0.410 e. The molecule has 0 aliphatic carbocycles. The van der Waals surface area contributed by atoms with E-state index in [1.165, 1.54) is 7.11 Å². The second-order valence-electron chi connectivity index (χ2n) is 15.3. The Morgan fingerprint density at radius 3 is 2.27 bits per heavy atom. The number of ether oxygens (including phenoxy) is 4. The summed E-state index contributed by atoms with van der Waals surface area (Å²) in [6.45, 7) is 12.6. The van der Waals surface area contributed by atoms with Gasteiger partial charge in [0.2, 0.25) is 0 Å². The molecule has 1 unspecified atom stereocenters. The Hall–Kier alpha value is -4.61. The summed E-state index contributed by atoms with van der Waals surface area (Å²) in [5.41, 5.74) is 3.20. The molecule has 5 rings (SSSR count). The summed E-state index contributed by atoms with van der Waals surface area (Å²) < 4.78 is 26.1. The molecule has 276 valence electrons. The average Bonchev–Trinajstić information content (AvgIpc) is 3.77. The Labute approximate surface area is 300 Å². The first-order chi connectivity index (χ1) is 24.1. The van der Waals surface area contributed by atoms with E-state index < -0.39 is 17.2 Å². The van der Waals surface area contributed by atoms with Gasteiger partial charge in [0.15, 0.2) is 5.82 Å². The molecular formula is C39H53N5O7. The van der Waals surface area contributed by atoms with E-state index in [1.807, 2.05) is 59.2 Å². The number of rotatable bonds is 12. The van der Waals surface area contributed by atoms with Gasteiger partial charge in [0, 0.05) is 31.9 Å². The summed E-state index contributed by atoms with van der Waals surface area (Å²) in [6.07, 6.45) is 6.37. The number of amides is 1. The number of benzene rings is 1. The minimum absolute atomic E-state index is 0.155. The Bertz CT molecular complexity index is 1900. The number of imidazole rings is 1. The Kier molecular flexibility index (Phi) is 11.3. The number of nitrogens with zero attached hydrogens (tertiary/aromatic N) is 5. The molecule has 51 heavy (non-hydrogen) atoms. The van der Waals surface area contributed by atoms with Crippen molar-refractivity contribution in [3.05, 3.63) is 41.6 Å². The highest BCUT2D eigenvalue weighted by molar-refractivity contribution is 5.97. The van der Waals surface area contributed by atoms with Crippen LogP contribution in [0.1, 0.15) is 115 Å². The van der Waals surface area contributed by atoms with Gasteiger partial charge < -0.3 is 28.1 Å². The van der Waals surface area contributed by atoms with Crippen molar-refractivity contribution in [1.29, 1.82) is 0 Å². The number of carbonyl (C=O) groups excluding carboxylic acids is 3. The second kappa shape index (κ2) is 15.3. The van der Waals surface area contributed by atoms with E-state index in [1.54, 1.807) is 24.1 Å². The zero-order valence-electron chi connectivity index (χ0n) is 31.6. The predicted molar refractivity (Wildman–Crippen MR) is 196 cm³/mol. The third kappa shape index (κ3) is 8.83. The molecule has 1 aliphatic heterocycles. The molecular weight excluding hydrogens is 650 g/mol. The monoisotopic (exact) mass is 703 g/mol. The third-order valence-corrected chi connectivity index (χ3v) is 8.97. The maximum atomic E-state index is 13.2. The van der Waals surface area contributed by atoms with Gasteiger partial charge in [0.1, 0.15) is 28.1 Å². The van der Waals surface area contributed by atoms with E-state index in [4.69, 9.17) is 28.9 Å². The van der Waals surface area contributed by atoms with Crippen LogP contribution in [0.25, 0.3) is 33.6 Å². The first kappa shape index (κ1) is 37.6. The van der Waals surface area contributed by atoms with Crippen LogP contribution in [0.2, 0.25) is 0 Å². The summed E-state index contributed by atoms with van der Waals surface area (Å²) in [7, 11) is 4.86. The maximum Gasteiger partial charge on any atom is 0.410 e. The van der Waals surface area contributed by atoms with Crippen LogP contribution in [0.4, 0.5) is 4.79 Å². The molecule has 4 aromatic rings. The number of carbonyl (C=O) groups is 3. The largest absolute Gasteiger partial charge is 0.494 e. The van der Waals surface area contributed by atoms with Crippen molar-refractivity contribution >= 4 is 40.1 Å². The number of aryl methyl sites for hydroxylation is 2. The summed E-state index contributed by atoms with van der Waals surface area (Å²) in [5.74, 6) is 0.607. The fraction of sp³-hybridized carbons (Fsp3) is 0.564. The third-order valence-electron chi connectivity index (χ3n) is 8.97. The Balaban J connectivity index is 1.46. The number of likely N-dealkylation sites (tertiary alicyclic amines) is 1. The molecule has 0 radical (unpaired) electrons. The highest BCUT2D eigenvalue weighted by Crippen LogP contribution is 2.37. The van der Waals surface area contributed by atoms with Gasteiger partial charge in [-0.3, -0.25) is 9.69 Å². The summed E-state index contributed by atoms with van der Waals surface area (Å²) >= 11 is 0. The topological polar surface area (TPSA) is 127 Å². The van der Waals surface area contributed by atoms with Crippen LogP contribution in [0.15, 0.2) is 30.3 Å². The fourth-order valence-electron chi connectivity index (χ4n) is 6.75. The van der Waals surface area contributed by atoms with Gasteiger partial charge in [0.05, 0.1) is 42.7 Å². The van der Waals surface area contributed by atoms with Gasteiger partial charge >= 0.3 is 18.0 Å². The first-order valence-corrected chi connectivity index (χ1v) is 17.9. The molecule has 1 atom stereocenters. The standard InChI is InChI=1S/C39H53N5O7/c1-38(2,3)50-32(45)17-13-11-10-12-14-20-43-30(35-41-28-22-26(36(46)49-9)24-31(48-8)33(28)42(35)7)23-25-18-19-27(40-34(25)43)29-16-15-21-44(29)37(47)51-39(4,5)6/h18-19,22-24,29H,10-17,20-21H2,1-9H3. The van der Waals surface area contributed by atoms with Gasteiger partial charge in [0.25, 0.3) is 0 Å². The van der Waals surface area contributed by atoms with Crippen molar-refractivity contribution in [1.82, 2.24) is 24.0 Å². The van der Waals surface area contributed by atoms with Gasteiger partial charge in [-0.15, -0.1) is 0 Å². The molecule has 3 aromatic heterocycles. The molecule has 1 fully saturated rings. The Morgan fingerprint density at radius 1 is 0.882 bits per heavy atom. The number of esters is 2. The number of pyridine rings is 1. The molecule has 12 heteroatoms. The highest BCUT2D eigenvalue weighted by atomic mass is 16.6. The zero-order valence-corrected chi connectivity index (χ0v) is 31.6. The van der Waals surface area contributed by atoms with Crippen LogP contribution in [0.5, 0.6) is 5.75 Å². The van der Waals surface area contributed by atoms with Crippen LogP contribution in [-0.2, 0) is 32.6 Å². The van der Waals surface area contributed by atoms with Gasteiger partial charge in [-0.25, -0.2) is 19.6 Å². The van der Waals surface area contributed by atoms with E-state index in [9.17, 15) is 14.4 Å². The van der Waals surface area contributed by atoms with Crippen molar-refractivity contribution in [2.24, 2.45) is 7.05 Å². The van der Waals surface area contributed by atoms with Crippen molar-refractivity contribution in [3.63, 3.8) is 0 Å². The molecule has 0 bridgehead atoms. The lowest BCUT2D eigenvalue weighted by Gasteiger charge is -2.28. The zero-order chi connectivity index (χ0) is 37.1.